The number of carbonyl (C=O) groups is 2. The van der Waals surface area contributed by atoms with Gasteiger partial charge in [-0.15, -0.1) is 10.2 Å². The van der Waals surface area contributed by atoms with Crippen molar-refractivity contribution in [3.63, 3.8) is 0 Å². The second-order valence-corrected chi connectivity index (χ2v) is 10.4. The zero-order valence-electron chi connectivity index (χ0n) is 17.9. The van der Waals surface area contributed by atoms with Crippen molar-refractivity contribution in [1.29, 1.82) is 0 Å². The summed E-state index contributed by atoms with van der Waals surface area (Å²) in [6.07, 6.45) is -2.98. The lowest BCUT2D eigenvalue weighted by Gasteiger charge is -2.59. The first-order valence-electron chi connectivity index (χ1n) is 11.1. The molecule has 0 N–H and O–H groups in total. The van der Waals surface area contributed by atoms with Crippen molar-refractivity contribution in [2.75, 3.05) is 13.1 Å². The summed E-state index contributed by atoms with van der Waals surface area (Å²) in [5.41, 5.74) is -0.683. The molecule has 1 aromatic carbocycles. The van der Waals surface area contributed by atoms with Gasteiger partial charge >= 0.3 is 12.1 Å². The van der Waals surface area contributed by atoms with E-state index in [1.807, 2.05) is 0 Å². The van der Waals surface area contributed by atoms with Gasteiger partial charge in [0.15, 0.2) is 11.5 Å². The van der Waals surface area contributed by atoms with E-state index in [-0.39, 0.29) is 30.2 Å². The molecule has 6 rings (SSSR count). The smallest absolute Gasteiger partial charge is 0.339 e. The number of rotatable bonds is 2. The Hall–Kier alpha value is -2.69. The molecule has 3 fully saturated rings. The van der Waals surface area contributed by atoms with Crippen molar-refractivity contribution in [2.45, 2.75) is 56.5 Å². The molecule has 0 radical (unpaired) electrons. The molecule has 0 atom stereocenters. The van der Waals surface area contributed by atoms with Crippen LogP contribution in [0, 0.1) is 5.41 Å². The fourth-order valence-corrected chi connectivity index (χ4v) is 5.75. The van der Waals surface area contributed by atoms with Crippen molar-refractivity contribution >= 4 is 23.4 Å². The third-order valence-corrected chi connectivity index (χ3v) is 7.63. The van der Waals surface area contributed by atoms with E-state index in [0.717, 1.165) is 12.8 Å². The van der Waals surface area contributed by atoms with Gasteiger partial charge in [0.2, 0.25) is 0 Å². The minimum Gasteiger partial charge on any atom is -0.339 e. The summed E-state index contributed by atoms with van der Waals surface area (Å²) in [5, 5.41) is 8.77. The molecule has 1 spiro atoms. The first kappa shape index (κ1) is 21.8. The van der Waals surface area contributed by atoms with Gasteiger partial charge in [0.1, 0.15) is 5.82 Å². The predicted molar refractivity (Wildman–Crippen MR) is 111 cm³/mol. The topological polar surface area (TPSA) is 71.3 Å². The first-order chi connectivity index (χ1) is 16.0. The van der Waals surface area contributed by atoms with Gasteiger partial charge < -0.3 is 9.80 Å². The van der Waals surface area contributed by atoms with E-state index < -0.39 is 23.7 Å². The van der Waals surface area contributed by atoms with E-state index in [2.05, 4.69) is 10.2 Å². The lowest BCUT2D eigenvalue weighted by molar-refractivity contribution is -0.186. The Morgan fingerprint density at radius 1 is 1.06 bits per heavy atom. The average Bonchev–Trinajstić information content (AvgIpc) is 3.38. The molecule has 2 aromatic rings. The van der Waals surface area contributed by atoms with E-state index >= 15 is 0 Å². The van der Waals surface area contributed by atoms with Crippen LogP contribution in [0.3, 0.4) is 0 Å². The number of benzene rings is 1. The van der Waals surface area contributed by atoms with Crippen LogP contribution in [0.4, 0.5) is 17.6 Å². The molecule has 3 heterocycles. The number of likely N-dealkylation sites (tertiary alicyclic amines) is 1. The number of aromatic nitrogens is 3. The molecular weight excluding hydrogens is 478 g/mol. The molecule has 1 aromatic heterocycles. The largest absolute Gasteiger partial charge is 0.471 e. The molecule has 7 nitrogen and oxygen atoms in total. The van der Waals surface area contributed by atoms with Crippen molar-refractivity contribution in [3.05, 3.63) is 40.4 Å². The summed E-state index contributed by atoms with van der Waals surface area (Å²) in [5.74, 6) is -1.52. The SMILES string of the molecule is O=C(N1Cc2cc(Cl)ccc2-n2c(nnc2C2CC3(C2)CN(C(=O)C2(F)CC2)C3)C1)C(F)(F)F. The Kier molecular flexibility index (Phi) is 4.45. The maximum atomic E-state index is 14.1. The highest BCUT2D eigenvalue weighted by Gasteiger charge is 2.60. The van der Waals surface area contributed by atoms with Gasteiger partial charge in [-0.25, -0.2) is 4.39 Å². The van der Waals surface area contributed by atoms with Gasteiger partial charge in [0.25, 0.3) is 5.91 Å². The number of hydrogen-bond donors (Lipinski definition) is 0. The number of fused-ring (bicyclic) bond motifs is 3. The zero-order chi connectivity index (χ0) is 24.0. The number of hydrogen-bond acceptors (Lipinski definition) is 4. The predicted octanol–water partition coefficient (Wildman–Crippen LogP) is 3.53. The summed E-state index contributed by atoms with van der Waals surface area (Å²) in [7, 11) is 0. The highest BCUT2D eigenvalue weighted by Crippen LogP contribution is 2.57. The van der Waals surface area contributed by atoms with Crippen LogP contribution in [-0.4, -0.2) is 61.3 Å². The zero-order valence-corrected chi connectivity index (χ0v) is 18.7. The van der Waals surface area contributed by atoms with Gasteiger partial charge in [0, 0.05) is 36.0 Å². The van der Waals surface area contributed by atoms with E-state index in [4.69, 9.17) is 11.6 Å². The molecular formula is C22H20ClF4N5O2. The van der Waals surface area contributed by atoms with Crippen molar-refractivity contribution < 1.29 is 27.2 Å². The van der Waals surface area contributed by atoms with Crippen molar-refractivity contribution in [2.24, 2.45) is 5.41 Å². The lowest BCUT2D eigenvalue weighted by atomic mass is 9.57. The highest BCUT2D eigenvalue weighted by atomic mass is 35.5. The van der Waals surface area contributed by atoms with E-state index in [0.29, 0.717) is 52.9 Å². The Balaban J connectivity index is 1.26. The van der Waals surface area contributed by atoms with Crippen LogP contribution >= 0.6 is 11.6 Å². The Morgan fingerprint density at radius 2 is 1.76 bits per heavy atom. The van der Waals surface area contributed by atoms with Crippen LogP contribution in [0.25, 0.3) is 5.69 Å². The number of nitrogens with zero attached hydrogens (tertiary/aromatic N) is 5. The average molecular weight is 498 g/mol. The number of alkyl halides is 4. The molecule has 34 heavy (non-hydrogen) atoms. The van der Waals surface area contributed by atoms with Gasteiger partial charge in [-0.2, -0.15) is 13.2 Å². The molecule has 180 valence electrons. The quantitative estimate of drug-likeness (QED) is 0.595. The monoisotopic (exact) mass is 497 g/mol. The normalized spacial score (nSPS) is 22.4. The molecule has 2 saturated carbocycles. The van der Waals surface area contributed by atoms with Gasteiger partial charge in [0.05, 0.1) is 12.2 Å². The van der Waals surface area contributed by atoms with Crippen molar-refractivity contribution in [3.8, 4) is 5.69 Å². The van der Waals surface area contributed by atoms with E-state index in [1.165, 1.54) is 0 Å². The van der Waals surface area contributed by atoms with Crippen LogP contribution in [0.15, 0.2) is 18.2 Å². The highest BCUT2D eigenvalue weighted by molar-refractivity contribution is 6.30. The second-order valence-electron chi connectivity index (χ2n) is 9.97. The summed E-state index contributed by atoms with van der Waals surface area (Å²) in [6.45, 7) is 0.425. The maximum absolute atomic E-state index is 14.1. The van der Waals surface area contributed by atoms with Gasteiger partial charge in [-0.05, 0) is 49.4 Å². The maximum Gasteiger partial charge on any atom is 0.471 e. The van der Waals surface area contributed by atoms with E-state index in [1.54, 1.807) is 27.7 Å². The minimum atomic E-state index is -5.01. The molecule has 2 amide bonds. The molecule has 4 aliphatic rings. The number of carbonyl (C=O) groups excluding carboxylic acids is 2. The van der Waals surface area contributed by atoms with E-state index in [9.17, 15) is 27.2 Å². The molecule has 0 bridgehead atoms. The van der Waals surface area contributed by atoms with Gasteiger partial charge in [-0.1, -0.05) is 11.6 Å². The summed E-state index contributed by atoms with van der Waals surface area (Å²) in [4.78, 5) is 26.5. The fourth-order valence-electron chi connectivity index (χ4n) is 5.55. The Bertz CT molecular complexity index is 1210. The molecule has 1 saturated heterocycles. The van der Waals surface area contributed by atoms with Crippen LogP contribution in [-0.2, 0) is 22.7 Å². The Labute approximate surface area is 196 Å². The van der Waals surface area contributed by atoms with Crippen LogP contribution in [0.1, 0.15) is 48.8 Å². The van der Waals surface area contributed by atoms with Crippen LogP contribution < -0.4 is 0 Å². The second kappa shape index (κ2) is 6.93. The third-order valence-electron chi connectivity index (χ3n) is 7.40. The lowest BCUT2D eigenvalue weighted by Crippen LogP contribution is -2.64. The standard InChI is InChI=1S/C22H20ClF4N5O2/c23-14-1-2-15-12(5-14)8-30(19(34)22(25,26)27)9-16-28-29-17(32(15)16)13-6-20(7-13)10-31(11-20)18(33)21(24)3-4-21/h1-2,5,13H,3-4,6-11H2. The Morgan fingerprint density at radius 3 is 2.41 bits per heavy atom. The molecule has 2 aliphatic heterocycles. The molecule has 0 unspecified atom stereocenters. The van der Waals surface area contributed by atoms with Crippen LogP contribution in [0.2, 0.25) is 5.02 Å². The van der Waals surface area contributed by atoms with Gasteiger partial charge in [-0.3, -0.25) is 14.2 Å². The first-order valence-corrected chi connectivity index (χ1v) is 11.4. The third kappa shape index (κ3) is 3.30. The summed E-state index contributed by atoms with van der Waals surface area (Å²) in [6, 6.07) is 4.89. The number of halogens is 5. The van der Waals surface area contributed by atoms with Crippen LogP contribution in [0.5, 0.6) is 0 Å². The molecule has 2 aliphatic carbocycles. The fraction of sp³-hybridized carbons (Fsp3) is 0.545. The summed E-state index contributed by atoms with van der Waals surface area (Å²) >= 11 is 6.10. The number of amides is 2. The molecule has 12 heteroatoms. The summed E-state index contributed by atoms with van der Waals surface area (Å²) < 4.78 is 55.3. The van der Waals surface area contributed by atoms with Crippen molar-refractivity contribution in [1.82, 2.24) is 24.6 Å². The minimum absolute atomic E-state index is 0.00726.